The highest BCUT2D eigenvalue weighted by Crippen LogP contribution is 2.41. The predicted octanol–water partition coefficient (Wildman–Crippen LogP) is 5.02. The van der Waals surface area contributed by atoms with Crippen molar-refractivity contribution >= 4 is 5.97 Å². The first-order valence-electron chi connectivity index (χ1n) is 15.5. The molecule has 4 N–H and O–H groups in total. The zero-order chi connectivity index (χ0) is 32.8. The molecule has 0 radical (unpaired) electrons. The molecule has 0 aliphatic carbocycles. The van der Waals surface area contributed by atoms with Gasteiger partial charge in [0.05, 0.1) is 24.4 Å². The van der Waals surface area contributed by atoms with Gasteiger partial charge < -0.3 is 34.6 Å². The summed E-state index contributed by atoms with van der Waals surface area (Å²) in [5.41, 5.74) is 1.47. The van der Waals surface area contributed by atoms with Crippen LogP contribution < -0.4 is 0 Å². The number of aliphatic hydroxyl groups is 4. The van der Waals surface area contributed by atoms with Gasteiger partial charge in [-0.05, 0) is 38.2 Å². The summed E-state index contributed by atoms with van der Waals surface area (Å²) >= 11 is 0. The SMILES string of the molecule is CO[C@H]1/C=C/C=C(\C)C[C@H](C)[C@H](O)[C@H](C)/C=C(C)/C=C(\F)C(=O)O[C@@H]1[C@@H](C)[C@@H](O)[C@H](C)[C@@]1(O)C[C@@H](O)[C@H](C)[C@@H](C(C)C)O1. The van der Waals surface area contributed by atoms with Crippen LogP contribution in [-0.4, -0.2) is 75.9 Å². The highest BCUT2D eigenvalue weighted by molar-refractivity contribution is 5.86. The van der Waals surface area contributed by atoms with Crippen LogP contribution in [0.2, 0.25) is 0 Å². The molecule has 0 unspecified atom stereocenters. The lowest BCUT2D eigenvalue weighted by Gasteiger charge is -2.49. The minimum absolute atomic E-state index is 0.00770. The Morgan fingerprint density at radius 1 is 1.09 bits per heavy atom. The number of esters is 1. The van der Waals surface area contributed by atoms with Crippen LogP contribution in [0.15, 0.2) is 47.4 Å². The summed E-state index contributed by atoms with van der Waals surface area (Å²) in [6.07, 6.45) is 3.36. The third-order valence-electron chi connectivity index (χ3n) is 9.27. The van der Waals surface area contributed by atoms with Crippen molar-refractivity contribution in [3.8, 4) is 0 Å². The maximum absolute atomic E-state index is 15.1. The predicted molar refractivity (Wildman–Crippen MR) is 164 cm³/mol. The standard InChI is InChI=1S/C34H55FO8/c1-18(2)31-23(7)27(36)17-34(40,43-31)25(9)30(38)24(8)32-28(41-10)13-11-12-19(3)14-21(5)29(37)22(6)15-20(4)16-26(35)33(39)42-32/h11-13,15-16,18,21-25,27-32,36-38,40H,14,17H2,1-10H3/b13-11+,19-12+,20-15+,26-16-/t21-,22+,23-,24-,25-,27+,28-,29-,30+,31+,32+,34+/m0/s1. The van der Waals surface area contributed by atoms with Crippen LogP contribution >= 0.6 is 0 Å². The molecular formula is C34H55FO8. The lowest BCUT2D eigenvalue weighted by Crippen LogP contribution is -2.59. The fourth-order valence-corrected chi connectivity index (χ4v) is 6.39. The summed E-state index contributed by atoms with van der Waals surface area (Å²) in [6.45, 7) is 16.4. The molecular weight excluding hydrogens is 555 g/mol. The van der Waals surface area contributed by atoms with Gasteiger partial charge in [-0.2, -0.15) is 4.39 Å². The Morgan fingerprint density at radius 3 is 2.30 bits per heavy atom. The molecule has 1 saturated heterocycles. The van der Waals surface area contributed by atoms with E-state index in [-0.39, 0.29) is 30.1 Å². The summed E-state index contributed by atoms with van der Waals surface area (Å²) in [6, 6.07) is 0. The fraction of sp³-hybridized carbons (Fsp3) is 0.735. The van der Waals surface area contributed by atoms with E-state index in [9.17, 15) is 25.2 Å². The Kier molecular flexibility index (Phi) is 13.8. The van der Waals surface area contributed by atoms with Gasteiger partial charge in [-0.1, -0.05) is 83.9 Å². The third kappa shape index (κ3) is 9.55. The zero-order valence-corrected chi connectivity index (χ0v) is 27.5. The summed E-state index contributed by atoms with van der Waals surface area (Å²) in [5.74, 6) is -6.51. The topological polar surface area (TPSA) is 126 Å². The Labute approximate surface area is 257 Å². The number of hydrogen-bond acceptors (Lipinski definition) is 8. The Morgan fingerprint density at radius 2 is 1.72 bits per heavy atom. The number of carbonyl (C=O) groups is 1. The molecule has 2 heterocycles. The first-order valence-corrected chi connectivity index (χ1v) is 15.5. The first-order chi connectivity index (χ1) is 19.9. The van der Waals surface area contributed by atoms with Gasteiger partial charge in [-0.25, -0.2) is 4.79 Å². The van der Waals surface area contributed by atoms with Gasteiger partial charge in [-0.15, -0.1) is 0 Å². The molecule has 2 rings (SSSR count). The van der Waals surface area contributed by atoms with Crippen molar-refractivity contribution in [2.45, 2.75) is 118 Å². The molecule has 1 fully saturated rings. The molecule has 2 aliphatic rings. The van der Waals surface area contributed by atoms with E-state index in [0.29, 0.717) is 12.0 Å². The minimum atomic E-state index is -1.85. The normalized spacial score (nSPS) is 42.0. The second kappa shape index (κ2) is 15.9. The van der Waals surface area contributed by atoms with E-state index in [2.05, 4.69) is 0 Å². The van der Waals surface area contributed by atoms with E-state index in [4.69, 9.17) is 14.2 Å². The molecule has 0 aromatic rings. The second-order valence-corrected chi connectivity index (χ2v) is 13.3. The number of cyclic esters (lactones) is 1. The molecule has 0 aromatic heterocycles. The van der Waals surface area contributed by atoms with Crippen LogP contribution in [0.1, 0.15) is 75.2 Å². The molecule has 43 heavy (non-hydrogen) atoms. The largest absolute Gasteiger partial charge is 0.454 e. The van der Waals surface area contributed by atoms with Crippen LogP contribution in [0.3, 0.4) is 0 Å². The highest BCUT2D eigenvalue weighted by Gasteiger charge is 2.51. The maximum atomic E-state index is 15.1. The maximum Gasteiger partial charge on any atom is 0.367 e. The number of hydrogen-bond donors (Lipinski definition) is 4. The molecule has 0 bridgehead atoms. The van der Waals surface area contributed by atoms with E-state index in [1.807, 2.05) is 47.6 Å². The zero-order valence-electron chi connectivity index (χ0n) is 27.5. The molecule has 246 valence electrons. The van der Waals surface area contributed by atoms with E-state index < -0.39 is 66.0 Å². The third-order valence-corrected chi connectivity index (χ3v) is 9.27. The van der Waals surface area contributed by atoms with Crippen molar-refractivity contribution in [3.63, 3.8) is 0 Å². The van der Waals surface area contributed by atoms with E-state index >= 15 is 4.39 Å². The van der Waals surface area contributed by atoms with Crippen molar-refractivity contribution in [2.75, 3.05) is 7.11 Å². The number of allylic oxidation sites excluding steroid dienone is 5. The average Bonchev–Trinajstić information content (AvgIpc) is 2.93. The van der Waals surface area contributed by atoms with Crippen LogP contribution in [0, 0.1) is 35.5 Å². The molecule has 2 aliphatic heterocycles. The number of rotatable bonds is 6. The van der Waals surface area contributed by atoms with Crippen LogP contribution in [-0.2, 0) is 19.0 Å². The molecule has 0 aromatic carbocycles. The molecule has 12 atom stereocenters. The van der Waals surface area contributed by atoms with E-state index in [0.717, 1.165) is 11.6 Å². The van der Waals surface area contributed by atoms with Crippen LogP contribution in [0.5, 0.6) is 0 Å². The molecule has 0 amide bonds. The average molecular weight is 611 g/mol. The van der Waals surface area contributed by atoms with Crippen molar-refractivity contribution < 1.29 is 43.8 Å². The molecule has 0 spiro atoms. The smallest absolute Gasteiger partial charge is 0.367 e. The second-order valence-electron chi connectivity index (χ2n) is 13.3. The number of carbonyl (C=O) groups excluding carboxylic acids is 1. The fourth-order valence-electron chi connectivity index (χ4n) is 6.39. The van der Waals surface area contributed by atoms with Crippen LogP contribution in [0.25, 0.3) is 0 Å². The Bertz CT molecular complexity index is 1050. The van der Waals surface area contributed by atoms with Gasteiger partial charge in [0.1, 0.15) is 12.2 Å². The van der Waals surface area contributed by atoms with Crippen molar-refractivity contribution in [3.05, 3.63) is 47.4 Å². The van der Waals surface area contributed by atoms with Gasteiger partial charge in [0.25, 0.3) is 0 Å². The minimum Gasteiger partial charge on any atom is -0.454 e. The Balaban J connectivity index is 2.48. The summed E-state index contributed by atoms with van der Waals surface area (Å²) in [4.78, 5) is 13.0. The quantitative estimate of drug-likeness (QED) is 0.309. The van der Waals surface area contributed by atoms with E-state index in [1.54, 1.807) is 39.0 Å². The van der Waals surface area contributed by atoms with Crippen molar-refractivity contribution in [1.82, 2.24) is 0 Å². The lowest BCUT2D eigenvalue weighted by molar-refractivity contribution is -0.328. The number of aliphatic hydroxyl groups excluding tert-OH is 3. The van der Waals surface area contributed by atoms with Crippen molar-refractivity contribution in [2.24, 2.45) is 35.5 Å². The molecule has 9 heteroatoms. The molecule has 0 saturated carbocycles. The number of ether oxygens (including phenoxy) is 3. The van der Waals surface area contributed by atoms with Gasteiger partial charge in [-0.3, -0.25) is 0 Å². The van der Waals surface area contributed by atoms with Crippen LogP contribution in [0.4, 0.5) is 4.39 Å². The van der Waals surface area contributed by atoms with Gasteiger partial charge >= 0.3 is 5.97 Å². The van der Waals surface area contributed by atoms with Crippen molar-refractivity contribution in [1.29, 1.82) is 0 Å². The summed E-state index contributed by atoms with van der Waals surface area (Å²) in [7, 11) is 1.43. The summed E-state index contributed by atoms with van der Waals surface area (Å²) < 4.78 is 32.6. The number of methoxy groups -OCH3 is 1. The first kappa shape index (κ1) is 37.3. The summed E-state index contributed by atoms with van der Waals surface area (Å²) in [5, 5.41) is 44.7. The molecule has 8 nitrogen and oxygen atoms in total. The van der Waals surface area contributed by atoms with E-state index in [1.165, 1.54) is 7.11 Å². The lowest BCUT2D eigenvalue weighted by atomic mass is 9.76. The Hall–Kier alpha value is -1.88. The van der Waals surface area contributed by atoms with Gasteiger partial charge in [0, 0.05) is 37.2 Å². The highest BCUT2D eigenvalue weighted by atomic mass is 19.1. The van der Waals surface area contributed by atoms with Gasteiger partial charge in [0.15, 0.2) is 5.79 Å². The van der Waals surface area contributed by atoms with Gasteiger partial charge in [0.2, 0.25) is 5.83 Å². The number of halogens is 1. The monoisotopic (exact) mass is 610 g/mol.